The number of fused-ring (bicyclic) bond motifs is 1. The first-order valence-electron chi connectivity index (χ1n) is 8.52. The summed E-state index contributed by atoms with van der Waals surface area (Å²) in [5.41, 5.74) is 4.06. The molecule has 134 valence electrons. The minimum atomic E-state index is -0.508. The van der Waals surface area contributed by atoms with E-state index in [-0.39, 0.29) is 11.7 Å². The van der Waals surface area contributed by atoms with Crippen LogP contribution in [0.1, 0.15) is 33.5 Å². The Kier molecular flexibility index (Phi) is 3.93. The van der Waals surface area contributed by atoms with E-state index in [1.54, 1.807) is 33.7 Å². The van der Waals surface area contributed by atoms with Crippen LogP contribution in [0.25, 0.3) is 0 Å². The highest BCUT2D eigenvalue weighted by Crippen LogP contribution is 2.38. The molecule has 0 saturated carbocycles. The summed E-state index contributed by atoms with van der Waals surface area (Å²) in [6.07, 6.45) is -0.508. The number of rotatable bonds is 2. The molecule has 1 N–H and O–H groups in total. The van der Waals surface area contributed by atoms with Crippen molar-refractivity contribution in [2.45, 2.75) is 13.1 Å². The molecule has 5 nitrogen and oxygen atoms in total. The Labute approximate surface area is 156 Å². The summed E-state index contributed by atoms with van der Waals surface area (Å²) >= 11 is 0. The van der Waals surface area contributed by atoms with Crippen LogP contribution in [0.5, 0.6) is 0 Å². The molecule has 1 aliphatic rings. The number of para-hydroxylation sites is 1. The second-order valence-corrected chi connectivity index (χ2v) is 6.49. The molecule has 3 aromatic rings. The largest absolute Gasteiger partial charge is 0.360 e. The van der Waals surface area contributed by atoms with Gasteiger partial charge in [0.15, 0.2) is 0 Å². The molecule has 6 heteroatoms. The number of nitrogens with zero attached hydrogens (tertiary/aromatic N) is 3. The second kappa shape index (κ2) is 6.29. The Morgan fingerprint density at radius 3 is 2.52 bits per heavy atom. The van der Waals surface area contributed by atoms with Crippen molar-refractivity contribution in [3.63, 3.8) is 0 Å². The number of nitrogens with one attached hydrogen (secondary N) is 1. The van der Waals surface area contributed by atoms with Gasteiger partial charge in [-0.3, -0.25) is 9.69 Å². The molecule has 1 aliphatic heterocycles. The van der Waals surface area contributed by atoms with E-state index in [9.17, 15) is 14.4 Å². The molecule has 0 saturated heterocycles. The van der Waals surface area contributed by atoms with Gasteiger partial charge >= 0.3 is 0 Å². The number of carbonyl (C=O) groups excluding carboxylic acids is 1. The molecule has 1 atom stereocenters. The number of hydrogen-bond donors (Lipinski definition) is 1. The number of nitriles is 1. The van der Waals surface area contributed by atoms with Gasteiger partial charge in [0.1, 0.15) is 23.7 Å². The van der Waals surface area contributed by atoms with Crippen LogP contribution in [0.3, 0.4) is 0 Å². The molecule has 4 rings (SSSR count). The highest BCUT2D eigenvalue weighted by atomic mass is 19.1. The maximum Gasteiger partial charge on any atom is 0.262 e. The van der Waals surface area contributed by atoms with E-state index in [1.807, 2.05) is 32.2 Å². The zero-order valence-electron chi connectivity index (χ0n) is 14.9. The molecule has 0 fully saturated rings. The Hall–Kier alpha value is -3.59. The minimum Gasteiger partial charge on any atom is -0.360 e. The van der Waals surface area contributed by atoms with E-state index >= 15 is 0 Å². The van der Waals surface area contributed by atoms with Crippen LogP contribution in [-0.2, 0) is 7.05 Å². The zero-order chi connectivity index (χ0) is 19.1. The summed E-state index contributed by atoms with van der Waals surface area (Å²) in [5.74, 6) is -0.543. The SMILES string of the molecule is Cc1c([C@@H]2Nc3ccccc3C(=O)N2c2ccc(F)cc2)cc(C#N)n1C. The number of benzene rings is 2. The number of aromatic nitrogens is 1. The van der Waals surface area contributed by atoms with Crippen molar-refractivity contribution in [2.75, 3.05) is 10.2 Å². The van der Waals surface area contributed by atoms with E-state index in [0.717, 1.165) is 16.9 Å². The molecule has 0 bridgehead atoms. The fraction of sp³-hybridized carbons (Fsp3) is 0.143. The summed E-state index contributed by atoms with van der Waals surface area (Å²) in [7, 11) is 1.82. The number of anilines is 2. The van der Waals surface area contributed by atoms with Gasteiger partial charge in [-0.15, -0.1) is 0 Å². The number of carbonyl (C=O) groups is 1. The van der Waals surface area contributed by atoms with Crippen LogP contribution in [-0.4, -0.2) is 10.5 Å². The highest BCUT2D eigenvalue weighted by Gasteiger charge is 2.35. The molecule has 0 unspecified atom stereocenters. The molecule has 0 aliphatic carbocycles. The van der Waals surface area contributed by atoms with Crippen LogP contribution in [0.15, 0.2) is 54.6 Å². The predicted octanol–water partition coefficient (Wildman–Crippen LogP) is 4.12. The van der Waals surface area contributed by atoms with Gasteiger partial charge in [0.2, 0.25) is 0 Å². The fourth-order valence-electron chi connectivity index (χ4n) is 3.45. The summed E-state index contributed by atoms with van der Waals surface area (Å²) in [6.45, 7) is 1.91. The van der Waals surface area contributed by atoms with E-state index in [4.69, 9.17) is 0 Å². The molecule has 1 amide bonds. The predicted molar refractivity (Wildman–Crippen MR) is 101 cm³/mol. The third-order valence-electron chi connectivity index (χ3n) is 5.02. The maximum atomic E-state index is 13.4. The van der Waals surface area contributed by atoms with Gasteiger partial charge < -0.3 is 9.88 Å². The minimum absolute atomic E-state index is 0.178. The van der Waals surface area contributed by atoms with Crippen LogP contribution in [0.4, 0.5) is 15.8 Å². The van der Waals surface area contributed by atoms with Gasteiger partial charge in [-0.2, -0.15) is 5.26 Å². The smallest absolute Gasteiger partial charge is 0.262 e. The van der Waals surface area contributed by atoms with Crippen molar-refractivity contribution in [3.05, 3.63) is 82.9 Å². The van der Waals surface area contributed by atoms with Crippen LogP contribution in [0, 0.1) is 24.1 Å². The number of amides is 1. The summed E-state index contributed by atoms with van der Waals surface area (Å²) in [5, 5.41) is 12.8. The first-order chi connectivity index (χ1) is 13.0. The highest BCUT2D eigenvalue weighted by molar-refractivity contribution is 6.12. The van der Waals surface area contributed by atoms with E-state index < -0.39 is 6.17 Å². The second-order valence-electron chi connectivity index (χ2n) is 6.49. The topological polar surface area (TPSA) is 61.1 Å². The lowest BCUT2D eigenvalue weighted by Crippen LogP contribution is -2.43. The van der Waals surface area contributed by atoms with Crippen molar-refractivity contribution >= 4 is 17.3 Å². The summed E-state index contributed by atoms with van der Waals surface area (Å²) < 4.78 is 15.2. The fourth-order valence-corrected chi connectivity index (χ4v) is 3.45. The lowest BCUT2D eigenvalue weighted by atomic mass is 10.0. The van der Waals surface area contributed by atoms with E-state index in [1.165, 1.54) is 12.1 Å². The zero-order valence-corrected chi connectivity index (χ0v) is 14.9. The van der Waals surface area contributed by atoms with Crippen LogP contribution in [0.2, 0.25) is 0 Å². The first kappa shape index (κ1) is 16.9. The number of hydrogen-bond acceptors (Lipinski definition) is 3. The molecule has 0 spiro atoms. The van der Waals surface area contributed by atoms with Crippen LogP contribution < -0.4 is 10.2 Å². The van der Waals surface area contributed by atoms with E-state index in [2.05, 4.69) is 11.4 Å². The average molecular weight is 360 g/mol. The van der Waals surface area contributed by atoms with Crippen molar-refractivity contribution in [1.29, 1.82) is 5.26 Å². The number of halogens is 1. The Morgan fingerprint density at radius 1 is 1.15 bits per heavy atom. The van der Waals surface area contributed by atoms with Crippen LogP contribution >= 0.6 is 0 Å². The Bertz CT molecular complexity index is 1080. The third-order valence-corrected chi connectivity index (χ3v) is 5.02. The first-order valence-corrected chi connectivity index (χ1v) is 8.52. The monoisotopic (exact) mass is 360 g/mol. The van der Waals surface area contributed by atoms with Gasteiger partial charge in [-0.1, -0.05) is 12.1 Å². The molecule has 2 heterocycles. The van der Waals surface area contributed by atoms with Crippen molar-refractivity contribution < 1.29 is 9.18 Å². The Morgan fingerprint density at radius 2 is 1.85 bits per heavy atom. The quantitative estimate of drug-likeness (QED) is 0.748. The normalized spacial score (nSPS) is 15.9. The molecule has 0 radical (unpaired) electrons. The van der Waals surface area contributed by atoms with Gasteiger partial charge in [-0.25, -0.2) is 4.39 Å². The molecule has 1 aromatic heterocycles. The standard InChI is InChI=1S/C21H17FN4O/c1-13-18(11-16(12-23)25(13)2)20-24-19-6-4-3-5-17(19)21(27)26(20)15-9-7-14(22)8-10-15/h3-11,20,24H,1-2H3/t20-/m1/s1. The van der Waals surface area contributed by atoms with Gasteiger partial charge in [-0.05, 0) is 49.4 Å². The third kappa shape index (κ3) is 2.64. The van der Waals surface area contributed by atoms with Gasteiger partial charge in [0.05, 0.1) is 5.56 Å². The molecular formula is C21H17FN4O. The lowest BCUT2D eigenvalue weighted by molar-refractivity contribution is 0.0975. The summed E-state index contributed by atoms with van der Waals surface area (Å²) in [6, 6.07) is 17.1. The Balaban J connectivity index is 1.91. The van der Waals surface area contributed by atoms with Crippen molar-refractivity contribution in [3.8, 4) is 6.07 Å². The van der Waals surface area contributed by atoms with Crippen molar-refractivity contribution in [1.82, 2.24) is 4.57 Å². The lowest BCUT2D eigenvalue weighted by Gasteiger charge is -2.38. The van der Waals surface area contributed by atoms with Gasteiger partial charge in [0.25, 0.3) is 5.91 Å². The van der Waals surface area contributed by atoms with Gasteiger partial charge in [0, 0.05) is 29.7 Å². The maximum absolute atomic E-state index is 13.4. The average Bonchev–Trinajstić information content (AvgIpc) is 2.97. The summed E-state index contributed by atoms with van der Waals surface area (Å²) in [4.78, 5) is 14.9. The van der Waals surface area contributed by atoms with E-state index in [0.29, 0.717) is 16.9 Å². The molecule has 2 aromatic carbocycles. The molecule has 27 heavy (non-hydrogen) atoms. The molecular weight excluding hydrogens is 343 g/mol. The van der Waals surface area contributed by atoms with Crippen molar-refractivity contribution in [2.24, 2.45) is 7.05 Å².